The Morgan fingerprint density at radius 1 is 1.33 bits per heavy atom. The predicted molar refractivity (Wildman–Crippen MR) is 82.5 cm³/mol. The van der Waals surface area contributed by atoms with Gasteiger partial charge < -0.3 is 14.6 Å². The molecule has 0 aliphatic rings. The molecule has 1 amide bonds. The van der Waals surface area contributed by atoms with Crippen LogP contribution in [0.5, 0.6) is 0 Å². The molecule has 0 spiro atoms. The fourth-order valence-corrected chi connectivity index (χ4v) is 2.14. The van der Waals surface area contributed by atoms with E-state index in [0.29, 0.717) is 31.3 Å². The number of hydrogen-bond donors (Lipinski definition) is 1. The Bertz CT molecular complexity index is 613. The van der Waals surface area contributed by atoms with Crippen LogP contribution in [0, 0.1) is 0 Å². The molecule has 0 fully saturated rings. The van der Waals surface area contributed by atoms with Crippen LogP contribution in [0.2, 0.25) is 0 Å². The van der Waals surface area contributed by atoms with Crippen LogP contribution in [0.25, 0.3) is 11.5 Å². The minimum Gasteiger partial charge on any atom is -0.419 e. The van der Waals surface area contributed by atoms with Crippen LogP contribution >= 0.6 is 15.9 Å². The third-order valence-electron chi connectivity index (χ3n) is 2.86. The van der Waals surface area contributed by atoms with E-state index in [2.05, 4.69) is 31.4 Å². The third-order valence-corrected chi connectivity index (χ3v) is 3.55. The first kappa shape index (κ1) is 15.7. The highest BCUT2D eigenvalue weighted by Crippen LogP contribution is 2.26. The van der Waals surface area contributed by atoms with Gasteiger partial charge in [0.05, 0.1) is 12.1 Å². The van der Waals surface area contributed by atoms with Crippen molar-refractivity contribution in [1.82, 2.24) is 20.4 Å². The maximum absolute atomic E-state index is 11.4. The van der Waals surface area contributed by atoms with E-state index < -0.39 is 0 Å². The number of carbonyl (C=O) groups is 1. The van der Waals surface area contributed by atoms with Gasteiger partial charge >= 0.3 is 0 Å². The van der Waals surface area contributed by atoms with Crippen molar-refractivity contribution >= 4 is 21.8 Å². The predicted octanol–water partition coefficient (Wildman–Crippen LogP) is 2.07. The first-order valence-corrected chi connectivity index (χ1v) is 7.35. The summed E-state index contributed by atoms with van der Waals surface area (Å²) >= 11 is 3.45. The summed E-state index contributed by atoms with van der Waals surface area (Å²) in [7, 11) is 3.48. The van der Waals surface area contributed by atoms with Crippen LogP contribution in [0.1, 0.15) is 12.3 Å². The third kappa shape index (κ3) is 4.37. The second-order valence-corrected chi connectivity index (χ2v) is 5.55. The van der Waals surface area contributed by atoms with Crippen molar-refractivity contribution in [3.8, 4) is 11.5 Å². The lowest BCUT2D eigenvalue weighted by Crippen LogP contribution is -2.26. The van der Waals surface area contributed by atoms with Gasteiger partial charge in [0.15, 0.2) is 0 Å². The topological polar surface area (TPSA) is 71.3 Å². The highest BCUT2D eigenvalue weighted by molar-refractivity contribution is 9.10. The Labute approximate surface area is 131 Å². The smallest absolute Gasteiger partial charge is 0.248 e. The Morgan fingerprint density at radius 2 is 2.10 bits per heavy atom. The van der Waals surface area contributed by atoms with Crippen molar-refractivity contribution in [3.05, 3.63) is 34.6 Å². The minimum atomic E-state index is 0.0851. The molecule has 0 bridgehead atoms. The zero-order valence-corrected chi connectivity index (χ0v) is 13.6. The summed E-state index contributed by atoms with van der Waals surface area (Å²) < 4.78 is 6.50. The zero-order valence-electron chi connectivity index (χ0n) is 12.0. The highest BCUT2D eigenvalue weighted by atomic mass is 79.9. The quantitative estimate of drug-likeness (QED) is 0.805. The van der Waals surface area contributed by atoms with E-state index in [1.165, 1.54) is 0 Å². The second-order valence-electron chi connectivity index (χ2n) is 4.70. The summed E-state index contributed by atoms with van der Waals surface area (Å²) in [5.74, 6) is 1.06. The van der Waals surface area contributed by atoms with Crippen LogP contribution in [-0.4, -0.2) is 41.6 Å². The van der Waals surface area contributed by atoms with Gasteiger partial charge in [0.1, 0.15) is 0 Å². The fraction of sp³-hybridized carbons (Fsp3) is 0.357. The van der Waals surface area contributed by atoms with Crippen LogP contribution in [0.3, 0.4) is 0 Å². The molecule has 0 atom stereocenters. The number of benzene rings is 1. The van der Waals surface area contributed by atoms with Gasteiger partial charge in [-0.3, -0.25) is 4.79 Å². The summed E-state index contributed by atoms with van der Waals surface area (Å²) in [6, 6.07) is 7.66. The maximum Gasteiger partial charge on any atom is 0.248 e. The normalized spacial score (nSPS) is 10.6. The molecule has 1 heterocycles. The molecule has 0 radical (unpaired) electrons. The van der Waals surface area contributed by atoms with E-state index in [4.69, 9.17) is 4.42 Å². The molecule has 7 heteroatoms. The molecule has 2 rings (SSSR count). The Morgan fingerprint density at radius 3 is 2.81 bits per heavy atom. The molecule has 1 N–H and O–H groups in total. The molecule has 0 aliphatic carbocycles. The van der Waals surface area contributed by atoms with Crippen LogP contribution < -0.4 is 5.32 Å². The molecule has 2 aromatic rings. The van der Waals surface area contributed by atoms with E-state index in [0.717, 1.165) is 10.0 Å². The molecule has 0 saturated carbocycles. The lowest BCUT2D eigenvalue weighted by atomic mass is 10.2. The van der Waals surface area contributed by atoms with Gasteiger partial charge in [-0.2, -0.15) is 0 Å². The Kier molecular flexibility index (Phi) is 5.46. The van der Waals surface area contributed by atoms with E-state index in [9.17, 15) is 4.79 Å². The molecule has 112 valence electrons. The fourth-order valence-electron chi connectivity index (χ4n) is 1.68. The van der Waals surface area contributed by atoms with Crippen molar-refractivity contribution in [2.24, 2.45) is 0 Å². The number of halogens is 1. The molecule has 1 aromatic heterocycles. The number of hydrogen-bond acceptors (Lipinski definition) is 5. The van der Waals surface area contributed by atoms with Gasteiger partial charge in [0.2, 0.25) is 17.7 Å². The highest BCUT2D eigenvalue weighted by Gasteiger charge is 2.11. The number of amides is 1. The first-order chi connectivity index (χ1) is 10.1. The number of nitrogens with zero attached hydrogens (tertiary/aromatic N) is 3. The summed E-state index contributed by atoms with van der Waals surface area (Å²) in [6.45, 7) is 1.02. The second kappa shape index (κ2) is 7.33. The van der Waals surface area contributed by atoms with Crippen molar-refractivity contribution in [2.45, 2.75) is 13.0 Å². The van der Waals surface area contributed by atoms with Crippen LogP contribution in [0.4, 0.5) is 0 Å². The van der Waals surface area contributed by atoms with Crippen LogP contribution in [-0.2, 0) is 11.3 Å². The maximum atomic E-state index is 11.4. The lowest BCUT2D eigenvalue weighted by molar-refractivity contribution is -0.128. The Balaban J connectivity index is 1.87. The number of rotatable bonds is 6. The summed E-state index contributed by atoms with van der Waals surface area (Å²) in [6.07, 6.45) is 0.443. The number of nitrogens with one attached hydrogen (secondary N) is 1. The molecule has 0 aliphatic heterocycles. The molecule has 6 nitrogen and oxygen atoms in total. The number of carbonyl (C=O) groups excluding carboxylic acids is 1. The zero-order chi connectivity index (χ0) is 15.2. The van der Waals surface area contributed by atoms with Crippen molar-refractivity contribution in [1.29, 1.82) is 0 Å². The average molecular weight is 353 g/mol. The van der Waals surface area contributed by atoms with Crippen molar-refractivity contribution < 1.29 is 9.21 Å². The van der Waals surface area contributed by atoms with Gasteiger partial charge in [-0.1, -0.05) is 12.1 Å². The van der Waals surface area contributed by atoms with E-state index >= 15 is 0 Å². The van der Waals surface area contributed by atoms with Gasteiger partial charge in [-0.05, 0) is 28.1 Å². The van der Waals surface area contributed by atoms with E-state index in [1.807, 2.05) is 24.3 Å². The SMILES string of the molecule is CN(C)C(=O)CCNCc1nnc(-c2ccccc2Br)o1. The molecule has 1 aromatic carbocycles. The lowest BCUT2D eigenvalue weighted by Gasteiger charge is -2.09. The average Bonchev–Trinajstić information content (AvgIpc) is 2.92. The molecule has 21 heavy (non-hydrogen) atoms. The summed E-state index contributed by atoms with van der Waals surface area (Å²) in [4.78, 5) is 13.0. The minimum absolute atomic E-state index is 0.0851. The van der Waals surface area contributed by atoms with E-state index in [1.54, 1.807) is 19.0 Å². The van der Waals surface area contributed by atoms with E-state index in [-0.39, 0.29) is 5.91 Å². The molecule has 0 unspecified atom stereocenters. The largest absolute Gasteiger partial charge is 0.419 e. The van der Waals surface area contributed by atoms with Gasteiger partial charge in [-0.25, -0.2) is 0 Å². The standard InChI is InChI=1S/C14H17BrN4O2/c1-19(2)13(20)7-8-16-9-12-17-18-14(21-12)10-5-3-4-6-11(10)15/h3-6,16H,7-9H2,1-2H3. The molecular formula is C14H17BrN4O2. The summed E-state index contributed by atoms with van der Waals surface area (Å²) in [5, 5.41) is 11.1. The Hall–Kier alpha value is -1.73. The van der Waals surface area contributed by atoms with Crippen molar-refractivity contribution in [2.75, 3.05) is 20.6 Å². The molecule has 0 saturated heterocycles. The van der Waals surface area contributed by atoms with Crippen LogP contribution in [0.15, 0.2) is 33.2 Å². The van der Waals surface area contributed by atoms with Crippen molar-refractivity contribution in [3.63, 3.8) is 0 Å². The molecular weight excluding hydrogens is 336 g/mol. The monoisotopic (exact) mass is 352 g/mol. The van der Waals surface area contributed by atoms with Gasteiger partial charge in [-0.15, -0.1) is 10.2 Å². The van der Waals surface area contributed by atoms with Gasteiger partial charge in [0.25, 0.3) is 0 Å². The van der Waals surface area contributed by atoms with Gasteiger partial charge in [0, 0.05) is 31.5 Å². The number of aromatic nitrogens is 2. The first-order valence-electron chi connectivity index (χ1n) is 6.56. The summed E-state index contributed by atoms with van der Waals surface area (Å²) in [5.41, 5.74) is 0.860.